The Morgan fingerprint density at radius 1 is 1.42 bits per heavy atom. The summed E-state index contributed by atoms with van der Waals surface area (Å²) in [6, 6.07) is 5.18. The predicted octanol–water partition coefficient (Wildman–Crippen LogP) is 1.87. The Morgan fingerprint density at radius 2 is 2.11 bits per heavy atom. The normalized spacial score (nSPS) is 11.5. The summed E-state index contributed by atoms with van der Waals surface area (Å²) < 4.78 is 29.1. The van der Waals surface area contributed by atoms with Gasteiger partial charge in [-0.05, 0) is 30.7 Å². The van der Waals surface area contributed by atoms with E-state index in [0.717, 1.165) is 10.0 Å². The van der Waals surface area contributed by atoms with Gasteiger partial charge in [0.15, 0.2) is 5.82 Å². The van der Waals surface area contributed by atoms with Crippen LogP contribution in [0.4, 0.5) is 11.5 Å². The van der Waals surface area contributed by atoms with Crippen LogP contribution < -0.4 is 10.5 Å². The van der Waals surface area contributed by atoms with Gasteiger partial charge < -0.3 is 5.73 Å². The van der Waals surface area contributed by atoms with E-state index in [9.17, 15) is 8.42 Å². The minimum atomic E-state index is -3.73. The zero-order valence-electron chi connectivity index (χ0n) is 10.4. The molecule has 1 aromatic heterocycles. The maximum Gasteiger partial charge on any atom is 0.267 e. The smallest absolute Gasteiger partial charge is 0.267 e. The van der Waals surface area contributed by atoms with Crippen molar-refractivity contribution in [3.63, 3.8) is 0 Å². The molecule has 102 valence electrons. The van der Waals surface area contributed by atoms with Crippen LogP contribution in [0.2, 0.25) is 0 Å². The van der Waals surface area contributed by atoms with Gasteiger partial charge >= 0.3 is 0 Å². The SMILES string of the molecule is Cc1cc(NS(=O)(=O)c2cn(C)nc2N)ccc1Br. The lowest BCUT2D eigenvalue weighted by Gasteiger charge is -2.08. The van der Waals surface area contributed by atoms with E-state index < -0.39 is 10.0 Å². The van der Waals surface area contributed by atoms with Crippen molar-refractivity contribution < 1.29 is 8.42 Å². The number of nitrogens with one attached hydrogen (secondary N) is 1. The first-order valence-corrected chi connectivity index (χ1v) is 7.65. The van der Waals surface area contributed by atoms with Crippen LogP contribution in [0.3, 0.4) is 0 Å². The number of nitrogens with two attached hydrogens (primary N) is 1. The average Bonchev–Trinajstić information content (AvgIpc) is 2.63. The molecule has 0 amide bonds. The van der Waals surface area contributed by atoms with Gasteiger partial charge in [0.1, 0.15) is 4.90 Å². The number of hydrogen-bond acceptors (Lipinski definition) is 4. The molecule has 0 bridgehead atoms. The molecule has 0 saturated heterocycles. The molecule has 0 unspecified atom stereocenters. The fraction of sp³-hybridized carbons (Fsp3) is 0.182. The molecule has 3 N–H and O–H groups in total. The highest BCUT2D eigenvalue weighted by molar-refractivity contribution is 9.10. The van der Waals surface area contributed by atoms with Crippen LogP contribution in [0.15, 0.2) is 33.8 Å². The predicted molar refractivity (Wildman–Crippen MR) is 77.3 cm³/mol. The highest BCUT2D eigenvalue weighted by Crippen LogP contribution is 2.23. The Morgan fingerprint density at radius 3 is 2.63 bits per heavy atom. The molecule has 8 heteroatoms. The zero-order valence-corrected chi connectivity index (χ0v) is 12.8. The Kier molecular flexibility index (Phi) is 3.55. The van der Waals surface area contributed by atoms with E-state index in [2.05, 4.69) is 25.8 Å². The number of anilines is 2. The Balaban J connectivity index is 2.36. The number of halogens is 1. The van der Waals surface area contributed by atoms with Crippen LogP contribution in [-0.2, 0) is 17.1 Å². The lowest BCUT2D eigenvalue weighted by Crippen LogP contribution is -2.14. The topological polar surface area (TPSA) is 90.0 Å². The molecule has 2 aromatic rings. The molecule has 0 aliphatic rings. The van der Waals surface area contributed by atoms with E-state index in [1.54, 1.807) is 25.2 Å². The molecule has 1 aromatic carbocycles. The van der Waals surface area contributed by atoms with E-state index in [4.69, 9.17) is 5.73 Å². The number of nitrogen functional groups attached to an aromatic ring is 1. The van der Waals surface area contributed by atoms with Gasteiger partial charge in [-0.2, -0.15) is 5.10 Å². The highest BCUT2D eigenvalue weighted by atomic mass is 79.9. The van der Waals surface area contributed by atoms with Crippen molar-refractivity contribution in [2.45, 2.75) is 11.8 Å². The molecule has 0 fully saturated rings. The molecule has 6 nitrogen and oxygen atoms in total. The Bertz CT molecular complexity index is 724. The van der Waals surface area contributed by atoms with Crippen molar-refractivity contribution in [1.82, 2.24) is 9.78 Å². The molecule has 0 atom stereocenters. The fourth-order valence-electron chi connectivity index (χ4n) is 1.61. The maximum atomic E-state index is 12.2. The van der Waals surface area contributed by atoms with Gasteiger partial charge in [-0.15, -0.1) is 0 Å². The van der Waals surface area contributed by atoms with E-state index in [-0.39, 0.29) is 10.7 Å². The summed E-state index contributed by atoms with van der Waals surface area (Å²) >= 11 is 3.36. The fourth-order valence-corrected chi connectivity index (χ4v) is 3.01. The lowest BCUT2D eigenvalue weighted by atomic mass is 10.2. The first-order valence-electron chi connectivity index (χ1n) is 5.37. The minimum absolute atomic E-state index is 0.0242. The number of rotatable bonds is 3. The van der Waals surface area contributed by atoms with E-state index in [0.29, 0.717) is 5.69 Å². The molecule has 0 aliphatic heterocycles. The van der Waals surface area contributed by atoms with Crippen molar-refractivity contribution in [2.24, 2.45) is 7.05 Å². The molecule has 0 spiro atoms. The van der Waals surface area contributed by atoms with Crippen LogP contribution in [0, 0.1) is 6.92 Å². The summed E-state index contributed by atoms with van der Waals surface area (Å²) in [7, 11) is -2.12. The number of sulfonamides is 1. The Hall–Kier alpha value is -1.54. The van der Waals surface area contributed by atoms with Crippen molar-refractivity contribution in [1.29, 1.82) is 0 Å². The summed E-state index contributed by atoms with van der Waals surface area (Å²) in [6.45, 7) is 1.88. The third kappa shape index (κ3) is 2.90. The standard InChI is InChI=1S/C11H13BrN4O2S/c1-7-5-8(3-4-9(7)12)15-19(17,18)10-6-16(2)14-11(10)13/h3-6,15H,1-2H3,(H2,13,14). The van der Waals surface area contributed by atoms with Crippen LogP contribution in [0.5, 0.6) is 0 Å². The van der Waals surface area contributed by atoms with Gasteiger partial charge in [0.2, 0.25) is 0 Å². The van der Waals surface area contributed by atoms with Crippen molar-refractivity contribution in [2.75, 3.05) is 10.5 Å². The first kappa shape index (κ1) is 13.9. The van der Waals surface area contributed by atoms with Gasteiger partial charge in [0, 0.05) is 23.4 Å². The van der Waals surface area contributed by atoms with Crippen LogP contribution in [0.1, 0.15) is 5.56 Å². The first-order chi connectivity index (χ1) is 8.79. The van der Waals surface area contributed by atoms with Gasteiger partial charge in [-0.1, -0.05) is 15.9 Å². The summed E-state index contributed by atoms with van der Waals surface area (Å²) in [4.78, 5) is -0.0319. The third-order valence-corrected chi connectivity index (χ3v) is 4.81. The van der Waals surface area contributed by atoms with Gasteiger partial charge in [-0.3, -0.25) is 9.40 Å². The second kappa shape index (κ2) is 4.86. The van der Waals surface area contributed by atoms with E-state index >= 15 is 0 Å². The van der Waals surface area contributed by atoms with Gasteiger partial charge in [-0.25, -0.2) is 8.42 Å². The average molecular weight is 345 g/mol. The molecule has 19 heavy (non-hydrogen) atoms. The summed E-state index contributed by atoms with van der Waals surface area (Å²) in [5, 5.41) is 3.82. The minimum Gasteiger partial charge on any atom is -0.381 e. The second-order valence-corrected chi connectivity index (χ2v) is 6.63. The number of aryl methyl sites for hydroxylation is 2. The molecule has 0 radical (unpaired) electrons. The number of hydrogen-bond donors (Lipinski definition) is 2. The maximum absolute atomic E-state index is 12.2. The number of aromatic nitrogens is 2. The molecule has 2 rings (SSSR count). The van der Waals surface area contributed by atoms with Crippen molar-refractivity contribution >= 4 is 37.5 Å². The van der Waals surface area contributed by atoms with Gasteiger partial charge in [0.05, 0.1) is 0 Å². The summed E-state index contributed by atoms with van der Waals surface area (Å²) in [6.07, 6.45) is 1.36. The highest BCUT2D eigenvalue weighted by Gasteiger charge is 2.20. The second-order valence-electron chi connectivity index (χ2n) is 4.12. The zero-order chi connectivity index (χ0) is 14.2. The van der Waals surface area contributed by atoms with E-state index in [1.165, 1.54) is 10.9 Å². The third-order valence-electron chi connectivity index (χ3n) is 2.52. The van der Waals surface area contributed by atoms with E-state index in [1.807, 2.05) is 6.92 Å². The molecular weight excluding hydrogens is 332 g/mol. The monoisotopic (exact) mass is 344 g/mol. The largest absolute Gasteiger partial charge is 0.381 e. The van der Waals surface area contributed by atoms with Crippen LogP contribution in [-0.4, -0.2) is 18.2 Å². The van der Waals surface area contributed by atoms with Crippen molar-refractivity contribution in [3.05, 3.63) is 34.4 Å². The van der Waals surface area contributed by atoms with Crippen LogP contribution >= 0.6 is 15.9 Å². The van der Waals surface area contributed by atoms with Gasteiger partial charge in [0.25, 0.3) is 10.0 Å². The van der Waals surface area contributed by atoms with Crippen LogP contribution in [0.25, 0.3) is 0 Å². The molecule has 0 aliphatic carbocycles. The molecule has 0 saturated carbocycles. The molecule has 1 heterocycles. The lowest BCUT2D eigenvalue weighted by molar-refractivity contribution is 0.601. The van der Waals surface area contributed by atoms with Crippen molar-refractivity contribution in [3.8, 4) is 0 Å². The summed E-state index contributed by atoms with van der Waals surface area (Å²) in [5.41, 5.74) is 6.98. The summed E-state index contributed by atoms with van der Waals surface area (Å²) in [5.74, 6) is -0.0242. The molecular formula is C11H13BrN4O2S. The number of benzene rings is 1. The quantitative estimate of drug-likeness (QED) is 0.889. The Labute approximate surface area is 119 Å². The number of nitrogens with zero attached hydrogens (tertiary/aromatic N) is 2.